The first-order valence-electron chi connectivity index (χ1n) is 11.7. The number of benzene rings is 2. The molecule has 0 atom stereocenters. The number of carbonyl (C=O) groups is 2. The molecule has 2 aromatic carbocycles. The Morgan fingerprint density at radius 3 is 2.36 bits per heavy atom. The number of carbonyl (C=O) groups excluding carboxylic acids is 2. The molecule has 0 saturated carbocycles. The standard InChI is InChI=1S/C26H28FN3O3/c27-21-10-4-2-8-19(21)25(31)28-23-20-9-3-5-11-22(20)33-24(23)26(32)30-16-12-18(13-17-30)29-14-6-1-7-15-29/h2-5,8-11,18H,1,6-7,12-17H2,(H,28,31). The van der Waals surface area contributed by atoms with E-state index < -0.39 is 11.7 Å². The molecule has 7 heteroatoms. The quantitative estimate of drug-likeness (QED) is 0.614. The molecule has 172 valence electrons. The molecule has 0 spiro atoms. The number of nitrogens with zero attached hydrogens (tertiary/aromatic N) is 2. The number of rotatable bonds is 4. The second kappa shape index (κ2) is 9.35. The van der Waals surface area contributed by atoms with E-state index in [0.717, 1.165) is 25.9 Å². The minimum atomic E-state index is -0.615. The van der Waals surface area contributed by atoms with Crippen molar-refractivity contribution >= 4 is 28.5 Å². The number of nitrogens with one attached hydrogen (secondary N) is 1. The number of anilines is 1. The van der Waals surface area contributed by atoms with E-state index in [1.807, 2.05) is 12.1 Å². The highest BCUT2D eigenvalue weighted by Gasteiger charge is 2.32. The van der Waals surface area contributed by atoms with Gasteiger partial charge in [0.15, 0.2) is 0 Å². The molecule has 2 saturated heterocycles. The Morgan fingerprint density at radius 1 is 0.909 bits per heavy atom. The van der Waals surface area contributed by atoms with Gasteiger partial charge in [-0.25, -0.2) is 4.39 Å². The van der Waals surface area contributed by atoms with Crippen molar-refractivity contribution in [3.63, 3.8) is 0 Å². The van der Waals surface area contributed by atoms with Crippen molar-refractivity contribution in [2.75, 3.05) is 31.5 Å². The van der Waals surface area contributed by atoms with E-state index in [4.69, 9.17) is 4.42 Å². The summed E-state index contributed by atoms with van der Waals surface area (Å²) in [6.07, 6.45) is 5.68. The summed E-state index contributed by atoms with van der Waals surface area (Å²) in [6, 6.07) is 13.5. The lowest BCUT2D eigenvalue weighted by molar-refractivity contribution is 0.0565. The predicted molar refractivity (Wildman–Crippen MR) is 125 cm³/mol. The molecule has 3 aromatic rings. The Kier molecular flexibility index (Phi) is 6.13. The van der Waals surface area contributed by atoms with Crippen molar-refractivity contribution in [1.29, 1.82) is 0 Å². The van der Waals surface area contributed by atoms with Crippen molar-refractivity contribution in [2.45, 2.75) is 38.1 Å². The number of fused-ring (bicyclic) bond motifs is 1. The number of hydrogen-bond acceptors (Lipinski definition) is 4. The average Bonchev–Trinajstić information content (AvgIpc) is 3.23. The van der Waals surface area contributed by atoms with Gasteiger partial charge in [-0.1, -0.05) is 30.7 Å². The summed E-state index contributed by atoms with van der Waals surface area (Å²) < 4.78 is 20.1. The summed E-state index contributed by atoms with van der Waals surface area (Å²) in [5, 5.41) is 3.36. The van der Waals surface area contributed by atoms with Crippen molar-refractivity contribution in [3.8, 4) is 0 Å². The first-order chi connectivity index (χ1) is 16.1. The number of hydrogen-bond donors (Lipinski definition) is 1. The van der Waals surface area contributed by atoms with E-state index in [0.29, 0.717) is 35.8 Å². The summed E-state index contributed by atoms with van der Waals surface area (Å²) >= 11 is 0. The smallest absolute Gasteiger partial charge is 0.291 e. The van der Waals surface area contributed by atoms with Gasteiger partial charge in [0.25, 0.3) is 11.8 Å². The topological polar surface area (TPSA) is 65.8 Å². The SMILES string of the molecule is O=C(Nc1c(C(=O)N2CCC(N3CCCCC3)CC2)oc2ccccc12)c1ccccc1F. The fourth-order valence-electron chi connectivity index (χ4n) is 5.01. The highest BCUT2D eigenvalue weighted by molar-refractivity contribution is 6.14. The maximum atomic E-state index is 14.2. The van der Waals surface area contributed by atoms with Gasteiger partial charge in [-0.2, -0.15) is 0 Å². The molecular weight excluding hydrogens is 421 g/mol. The van der Waals surface area contributed by atoms with E-state index in [1.165, 1.54) is 37.5 Å². The fraction of sp³-hybridized carbons (Fsp3) is 0.385. The van der Waals surface area contributed by atoms with Crippen LogP contribution in [0.1, 0.15) is 53.0 Å². The molecule has 0 radical (unpaired) electrons. The van der Waals surface area contributed by atoms with Crippen LogP contribution in [-0.4, -0.2) is 53.8 Å². The van der Waals surface area contributed by atoms with Crippen LogP contribution >= 0.6 is 0 Å². The molecule has 3 heterocycles. The van der Waals surface area contributed by atoms with E-state index in [-0.39, 0.29) is 17.2 Å². The monoisotopic (exact) mass is 449 g/mol. The lowest BCUT2D eigenvalue weighted by Gasteiger charge is -2.40. The summed E-state index contributed by atoms with van der Waals surface area (Å²) in [7, 11) is 0. The third-order valence-electron chi connectivity index (χ3n) is 6.81. The first kappa shape index (κ1) is 21.6. The molecule has 0 bridgehead atoms. The molecule has 2 aliphatic heterocycles. The highest BCUT2D eigenvalue weighted by atomic mass is 19.1. The van der Waals surface area contributed by atoms with Crippen LogP contribution in [0.4, 0.5) is 10.1 Å². The van der Waals surface area contributed by atoms with Crippen molar-refractivity contribution in [2.24, 2.45) is 0 Å². The van der Waals surface area contributed by atoms with Crippen molar-refractivity contribution in [3.05, 3.63) is 65.7 Å². The van der Waals surface area contributed by atoms with E-state index in [9.17, 15) is 14.0 Å². The zero-order valence-corrected chi connectivity index (χ0v) is 18.6. The van der Waals surface area contributed by atoms with Crippen molar-refractivity contribution in [1.82, 2.24) is 9.80 Å². The van der Waals surface area contributed by atoms with Gasteiger partial charge in [0.2, 0.25) is 5.76 Å². The molecule has 33 heavy (non-hydrogen) atoms. The molecule has 0 aliphatic carbocycles. The Bertz CT molecular complexity index is 1160. The van der Waals surface area contributed by atoms with Crippen LogP contribution in [0, 0.1) is 5.82 Å². The van der Waals surface area contributed by atoms with Crippen LogP contribution in [0.25, 0.3) is 11.0 Å². The maximum absolute atomic E-state index is 14.2. The van der Waals surface area contributed by atoms with Gasteiger partial charge in [0.1, 0.15) is 17.1 Å². The number of likely N-dealkylation sites (tertiary alicyclic amines) is 2. The normalized spacial score (nSPS) is 17.9. The van der Waals surface area contributed by atoms with Gasteiger partial charge in [-0.05, 0) is 63.0 Å². The molecular formula is C26H28FN3O3. The molecule has 1 aromatic heterocycles. The van der Waals surface area contributed by atoms with Crippen LogP contribution in [-0.2, 0) is 0 Å². The van der Waals surface area contributed by atoms with Gasteiger partial charge in [-0.3, -0.25) is 9.59 Å². The second-order valence-corrected chi connectivity index (χ2v) is 8.86. The van der Waals surface area contributed by atoms with Gasteiger partial charge in [0, 0.05) is 24.5 Å². The average molecular weight is 450 g/mol. The molecule has 0 unspecified atom stereocenters. The maximum Gasteiger partial charge on any atom is 0.291 e. The Hall–Kier alpha value is -3.19. The van der Waals surface area contributed by atoms with E-state index in [2.05, 4.69) is 10.2 Å². The highest BCUT2D eigenvalue weighted by Crippen LogP contribution is 2.33. The van der Waals surface area contributed by atoms with Gasteiger partial charge >= 0.3 is 0 Å². The van der Waals surface area contributed by atoms with Crippen LogP contribution in [0.2, 0.25) is 0 Å². The molecule has 6 nitrogen and oxygen atoms in total. The van der Waals surface area contributed by atoms with Crippen LogP contribution in [0.3, 0.4) is 0 Å². The third kappa shape index (κ3) is 4.37. The third-order valence-corrected chi connectivity index (χ3v) is 6.81. The summed E-state index contributed by atoms with van der Waals surface area (Å²) in [5.41, 5.74) is 0.721. The molecule has 2 fully saturated rings. The predicted octanol–water partition coefficient (Wildman–Crippen LogP) is 4.91. The number of halogens is 1. The second-order valence-electron chi connectivity index (χ2n) is 8.86. The number of piperidine rings is 2. The first-order valence-corrected chi connectivity index (χ1v) is 11.7. The Balaban J connectivity index is 1.37. The molecule has 2 amide bonds. The van der Waals surface area contributed by atoms with Crippen molar-refractivity contribution < 1.29 is 18.4 Å². The van der Waals surface area contributed by atoms with E-state index in [1.54, 1.807) is 23.1 Å². The Morgan fingerprint density at radius 2 is 1.61 bits per heavy atom. The fourth-order valence-corrected chi connectivity index (χ4v) is 5.01. The zero-order chi connectivity index (χ0) is 22.8. The van der Waals surface area contributed by atoms with Crippen LogP contribution in [0.15, 0.2) is 52.9 Å². The lowest BCUT2D eigenvalue weighted by atomic mass is 9.99. The molecule has 5 rings (SSSR count). The van der Waals surface area contributed by atoms with Gasteiger partial charge < -0.3 is 19.5 Å². The van der Waals surface area contributed by atoms with Crippen LogP contribution in [0.5, 0.6) is 0 Å². The zero-order valence-electron chi connectivity index (χ0n) is 18.6. The number of amides is 2. The summed E-state index contributed by atoms with van der Waals surface area (Å²) in [6.45, 7) is 3.60. The van der Waals surface area contributed by atoms with E-state index >= 15 is 0 Å². The van der Waals surface area contributed by atoms with Crippen LogP contribution < -0.4 is 5.32 Å². The minimum Gasteiger partial charge on any atom is -0.449 e. The number of furan rings is 1. The summed E-state index contributed by atoms with van der Waals surface area (Å²) in [5.74, 6) is -1.38. The molecule has 2 aliphatic rings. The number of para-hydroxylation sites is 1. The Labute approximate surface area is 192 Å². The largest absolute Gasteiger partial charge is 0.449 e. The lowest BCUT2D eigenvalue weighted by Crippen LogP contribution is -2.48. The molecule has 1 N–H and O–H groups in total. The summed E-state index contributed by atoms with van der Waals surface area (Å²) in [4.78, 5) is 30.6. The van der Waals surface area contributed by atoms with Gasteiger partial charge in [0.05, 0.1) is 5.56 Å². The van der Waals surface area contributed by atoms with Gasteiger partial charge in [-0.15, -0.1) is 0 Å². The minimum absolute atomic E-state index is 0.0801.